The fraction of sp³-hybridized carbons (Fsp3) is 0.765. The second-order valence-corrected chi connectivity index (χ2v) is 7.45. The number of carbonyl (C=O) groups is 2. The zero-order valence-electron chi connectivity index (χ0n) is 12.4. The molecule has 3 heteroatoms. The Labute approximate surface area is 120 Å². The number of carbonyl (C=O) groups excluding carboxylic acids is 1. The second kappa shape index (κ2) is 4.44. The van der Waals surface area contributed by atoms with Crippen molar-refractivity contribution in [2.75, 3.05) is 0 Å². The van der Waals surface area contributed by atoms with E-state index < -0.39 is 11.4 Å². The number of allylic oxidation sites excluding steroid dienone is 2. The van der Waals surface area contributed by atoms with Gasteiger partial charge in [0.05, 0.1) is 5.41 Å². The predicted octanol–water partition coefficient (Wildman–Crippen LogP) is 3.58. The van der Waals surface area contributed by atoms with E-state index in [9.17, 15) is 14.7 Å². The molecule has 0 unspecified atom stereocenters. The molecule has 0 aromatic heterocycles. The highest BCUT2D eigenvalue weighted by Gasteiger charge is 2.57. The maximum atomic E-state index is 11.8. The number of ketones is 1. The van der Waals surface area contributed by atoms with E-state index in [1.807, 2.05) is 13.0 Å². The summed E-state index contributed by atoms with van der Waals surface area (Å²) in [7, 11) is 0. The first-order valence-corrected chi connectivity index (χ1v) is 7.84. The first kappa shape index (κ1) is 13.8. The largest absolute Gasteiger partial charge is 0.481 e. The minimum absolute atomic E-state index is 0.0656. The summed E-state index contributed by atoms with van der Waals surface area (Å²) >= 11 is 0. The number of aliphatic carboxylic acids is 1. The summed E-state index contributed by atoms with van der Waals surface area (Å²) in [5.41, 5.74) is 0.783. The minimum atomic E-state index is -0.632. The van der Waals surface area contributed by atoms with Gasteiger partial charge in [0.25, 0.3) is 0 Å². The van der Waals surface area contributed by atoms with Gasteiger partial charge in [-0.25, -0.2) is 0 Å². The molecular weight excluding hydrogens is 252 g/mol. The summed E-state index contributed by atoms with van der Waals surface area (Å²) in [6.07, 6.45) is 8.17. The van der Waals surface area contributed by atoms with Gasteiger partial charge in [-0.1, -0.05) is 18.9 Å². The van der Waals surface area contributed by atoms with E-state index in [0.29, 0.717) is 12.3 Å². The van der Waals surface area contributed by atoms with Crippen LogP contribution < -0.4 is 0 Å². The van der Waals surface area contributed by atoms with Gasteiger partial charge in [-0.15, -0.1) is 0 Å². The highest BCUT2D eigenvalue weighted by atomic mass is 16.4. The molecule has 0 spiro atoms. The maximum absolute atomic E-state index is 11.8. The van der Waals surface area contributed by atoms with E-state index in [4.69, 9.17) is 0 Å². The van der Waals surface area contributed by atoms with Crippen molar-refractivity contribution in [3.05, 3.63) is 11.6 Å². The van der Waals surface area contributed by atoms with Gasteiger partial charge in [-0.05, 0) is 62.4 Å². The fourth-order valence-electron chi connectivity index (χ4n) is 5.40. The van der Waals surface area contributed by atoms with Crippen molar-refractivity contribution in [3.63, 3.8) is 0 Å². The quantitative estimate of drug-likeness (QED) is 0.796. The Morgan fingerprint density at radius 2 is 2.00 bits per heavy atom. The van der Waals surface area contributed by atoms with Crippen molar-refractivity contribution >= 4 is 11.8 Å². The molecule has 0 radical (unpaired) electrons. The average molecular weight is 276 g/mol. The molecule has 0 amide bonds. The summed E-state index contributed by atoms with van der Waals surface area (Å²) in [5.74, 6) is 0.303. The third-order valence-electron chi connectivity index (χ3n) is 6.46. The van der Waals surface area contributed by atoms with Crippen LogP contribution in [0.5, 0.6) is 0 Å². The average Bonchev–Trinajstić information content (AvgIpc) is 2.37. The molecule has 2 saturated carbocycles. The molecule has 3 aliphatic carbocycles. The van der Waals surface area contributed by atoms with E-state index in [1.165, 1.54) is 5.57 Å². The number of carboxylic acids is 1. The lowest BCUT2D eigenvalue weighted by Gasteiger charge is -2.58. The summed E-state index contributed by atoms with van der Waals surface area (Å²) in [4.78, 5) is 23.5. The SMILES string of the molecule is C[C@]12CCC[C@@](C)(C(=O)O)[C@H]1CCC1=CC(=O)CC[C@@H]12. The van der Waals surface area contributed by atoms with Crippen LogP contribution in [-0.2, 0) is 9.59 Å². The molecule has 0 heterocycles. The monoisotopic (exact) mass is 276 g/mol. The van der Waals surface area contributed by atoms with Crippen molar-refractivity contribution < 1.29 is 14.7 Å². The third kappa shape index (κ3) is 1.78. The lowest BCUT2D eigenvalue weighted by Crippen LogP contribution is -2.53. The molecule has 0 aromatic rings. The van der Waals surface area contributed by atoms with Crippen LogP contribution in [0.1, 0.15) is 58.8 Å². The Hall–Kier alpha value is -1.12. The van der Waals surface area contributed by atoms with Gasteiger partial charge in [0, 0.05) is 6.42 Å². The van der Waals surface area contributed by atoms with Crippen LogP contribution in [0.25, 0.3) is 0 Å². The molecule has 3 nitrogen and oxygen atoms in total. The zero-order valence-corrected chi connectivity index (χ0v) is 12.4. The molecule has 0 aromatic carbocycles. The molecule has 0 aliphatic heterocycles. The summed E-state index contributed by atoms with van der Waals surface area (Å²) in [6, 6.07) is 0. The molecule has 1 N–H and O–H groups in total. The first-order valence-electron chi connectivity index (χ1n) is 7.84. The van der Waals surface area contributed by atoms with E-state index in [1.54, 1.807) is 0 Å². The van der Waals surface area contributed by atoms with Gasteiger partial charge in [-0.2, -0.15) is 0 Å². The summed E-state index contributed by atoms with van der Waals surface area (Å²) < 4.78 is 0. The molecular formula is C17H24O3. The Morgan fingerprint density at radius 1 is 1.25 bits per heavy atom. The maximum Gasteiger partial charge on any atom is 0.309 e. The Balaban J connectivity index is 2.01. The van der Waals surface area contributed by atoms with Crippen LogP contribution in [0.15, 0.2) is 11.6 Å². The van der Waals surface area contributed by atoms with Crippen LogP contribution in [0.3, 0.4) is 0 Å². The number of carboxylic acid groups (broad SMARTS) is 1. The Kier molecular flexibility index (Phi) is 3.07. The molecule has 3 aliphatic rings. The van der Waals surface area contributed by atoms with Crippen LogP contribution >= 0.6 is 0 Å². The molecule has 20 heavy (non-hydrogen) atoms. The highest BCUT2D eigenvalue weighted by Crippen LogP contribution is 2.62. The molecule has 3 rings (SSSR count). The Morgan fingerprint density at radius 3 is 2.70 bits per heavy atom. The number of fused-ring (bicyclic) bond motifs is 3. The third-order valence-corrected chi connectivity index (χ3v) is 6.46. The van der Waals surface area contributed by atoms with Crippen molar-refractivity contribution in [3.8, 4) is 0 Å². The minimum Gasteiger partial charge on any atom is -0.481 e. The topological polar surface area (TPSA) is 54.4 Å². The van der Waals surface area contributed by atoms with Gasteiger partial charge in [0.1, 0.15) is 0 Å². The van der Waals surface area contributed by atoms with E-state index in [-0.39, 0.29) is 17.1 Å². The number of rotatable bonds is 1. The van der Waals surface area contributed by atoms with E-state index in [2.05, 4.69) is 6.92 Å². The van der Waals surface area contributed by atoms with Gasteiger partial charge >= 0.3 is 5.97 Å². The molecule has 0 saturated heterocycles. The van der Waals surface area contributed by atoms with Crippen molar-refractivity contribution in [1.82, 2.24) is 0 Å². The standard InChI is InChI=1S/C17H24O3/c1-16-8-3-9-17(2,15(19)20)14(16)7-4-11-10-12(18)5-6-13(11)16/h10,13-14H,3-9H2,1-2H3,(H,19,20)/t13-,14-,16+,17+/m0/s1. The highest BCUT2D eigenvalue weighted by molar-refractivity contribution is 5.91. The van der Waals surface area contributed by atoms with Crippen LogP contribution in [0, 0.1) is 22.7 Å². The number of hydrogen-bond donors (Lipinski definition) is 1. The zero-order chi connectivity index (χ0) is 14.5. The van der Waals surface area contributed by atoms with Gasteiger partial charge < -0.3 is 5.11 Å². The smallest absolute Gasteiger partial charge is 0.309 e. The lowest BCUT2D eigenvalue weighted by atomic mass is 9.46. The molecule has 2 fully saturated rings. The normalized spacial score (nSPS) is 44.3. The van der Waals surface area contributed by atoms with E-state index >= 15 is 0 Å². The number of hydrogen-bond acceptors (Lipinski definition) is 2. The molecule has 4 atom stereocenters. The molecule has 0 bridgehead atoms. The predicted molar refractivity (Wildman–Crippen MR) is 76.2 cm³/mol. The lowest BCUT2D eigenvalue weighted by molar-refractivity contribution is -0.164. The van der Waals surface area contributed by atoms with Crippen LogP contribution in [-0.4, -0.2) is 16.9 Å². The summed E-state index contributed by atoms with van der Waals surface area (Å²) in [5, 5.41) is 9.72. The summed E-state index contributed by atoms with van der Waals surface area (Å²) in [6.45, 7) is 4.23. The first-order chi connectivity index (χ1) is 9.38. The fourth-order valence-corrected chi connectivity index (χ4v) is 5.40. The van der Waals surface area contributed by atoms with Crippen molar-refractivity contribution in [2.45, 2.75) is 58.8 Å². The van der Waals surface area contributed by atoms with Crippen molar-refractivity contribution in [1.29, 1.82) is 0 Å². The van der Waals surface area contributed by atoms with Crippen molar-refractivity contribution in [2.24, 2.45) is 22.7 Å². The van der Waals surface area contributed by atoms with Gasteiger partial charge in [0.15, 0.2) is 5.78 Å². The van der Waals surface area contributed by atoms with Gasteiger partial charge in [-0.3, -0.25) is 9.59 Å². The van der Waals surface area contributed by atoms with Crippen LogP contribution in [0.2, 0.25) is 0 Å². The molecule has 110 valence electrons. The van der Waals surface area contributed by atoms with Gasteiger partial charge in [0.2, 0.25) is 0 Å². The Bertz CT molecular complexity index is 492. The van der Waals surface area contributed by atoms with Crippen LogP contribution in [0.4, 0.5) is 0 Å². The second-order valence-electron chi connectivity index (χ2n) is 7.45. The van der Waals surface area contributed by atoms with E-state index in [0.717, 1.165) is 38.5 Å².